The minimum atomic E-state index is -2.98. The van der Waals surface area contributed by atoms with Crippen LogP contribution in [-0.4, -0.2) is 35.6 Å². The summed E-state index contributed by atoms with van der Waals surface area (Å²) in [5, 5.41) is 7.41. The Balaban J connectivity index is 1.44. The topological polar surface area (TPSA) is 81.1 Å². The SMILES string of the molecule is Cc1cc(NC(=O)CC2CC3CCC2C3)n(C2CCS(=O)(=O)C2)n1. The number of carbonyl (C=O) groups is 1. The van der Waals surface area contributed by atoms with Crippen molar-refractivity contribution < 1.29 is 13.2 Å². The molecule has 2 aliphatic carbocycles. The number of anilines is 1. The predicted molar refractivity (Wildman–Crippen MR) is 91.5 cm³/mol. The van der Waals surface area contributed by atoms with Gasteiger partial charge in [-0.2, -0.15) is 5.10 Å². The van der Waals surface area contributed by atoms with Gasteiger partial charge in [0.25, 0.3) is 0 Å². The number of rotatable bonds is 4. The largest absolute Gasteiger partial charge is 0.311 e. The Bertz CT molecular complexity index is 755. The maximum absolute atomic E-state index is 12.5. The van der Waals surface area contributed by atoms with Crippen molar-refractivity contribution in [1.82, 2.24) is 9.78 Å². The van der Waals surface area contributed by atoms with E-state index in [9.17, 15) is 13.2 Å². The van der Waals surface area contributed by atoms with Crippen LogP contribution in [-0.2, 0) is 14.6 Å². The Morgan fingerprint density at radius 2 is 2.17 bits per heavy atom. The normalized spacial score (nSPS) is 33.9. The van der Waals surface area contributed by atoms with Gasteiger partial charge in [0.1, 0.15) is 5.82 Å². The zero-order chi connectivity index (χ0) is 16.9. The lowest BCUT2D eigenvalue weighted by atomic mass is 9.86. The Hall–Kier alpha value is -1.37. The smallest absolute Gasteiger partial charge is 0.225 e. The Morgan fingerprint density at radius 1 is 1.33 bits per heavy atom. The third-order valence-corrected chi connectivity index (χ3v) is 7.76. The van der Waals surface area contributed by atoms with Crippen LogP contribution in [0, 0.1) is 24.7 Å². The molecule has 2 saturated carbocycles. The first-order chi connectivity index (χ1) is 11.4. The molecule has 2 heterocycles. The lowest BCUT2D eigenvalue weighted by Gasteiger charge is -2.21. The molecule has 0 aromatic carbocycles. The Morgan fingerprint density at radius 3 is 2.79 bits per heavy atom. The van der Waals surface area contributed by atoms with Crippen molar-refractivity contribution in [3.8, 4) is 0 Å². The van der Waals surface area contributed by atoms with E-state index < -0.39 is 9.84 Å². The molecular weight excluding hydrogens is 326 g/mol. The fraction of sp³-hybridized carbons (Fsp3) is 0.765. The number of nitrogens with one attached hydrogen (secondary N) is 1. The minimum absolute atomic E-state index is 0.0366. The van der Waals surface area contributed by atoms with Crippen LogP contribution in [0.3, 0.4) is 0 Å². The molecule has 3 aliphatic rings. The summed E-state index contributed by atoms with van der Waals surface area (Å²) < 4.78 is 25.2. The first-order valence-corrected chi connectivity index (χ1v) is 10.8. The molecule has 0 radical (unpaired) electrons. The summed E-state index contributed by atoms with van der Waals surface area (Å²) in [4.78, 5) is 12.5. The molecular formula is C17H25N3O3S. The zero-order valence-electron chi connectivity index (χ0n) is 14.1. The van der Waals surface area contributed by atoms with E-state index in [0.29, 0.717) is 24.6 Å². The third-order valence-electron chi connectivity index (χ3n) is 6.01. The van der Waals surface area contributed by atoms with Gasteiger partial charge in [0, 0.05) is 12.5 Å². The molecule has 6 nitrogen and oxygen atoms in total. The molecule has 1 saturated heterocycles. The number of aryl methyl sites for hydroxylation is 1. The van der Waals surface area contributed by atoms with Gasteiger partial charge in [0.05, 0.1) is 23.2 Å². The van der Waals surface area contributed by atoms with E-state index in [0.717, 1.165) is 17.5 Å². The van der Waals surface area contributed by atoms with Crippen LogP contribution in [0.4, 0.5) is 5.82 Å². The second-order valence-corrected chi connectivity index (χ2v) is 10.1. The van der Waals surface area contributed by atoms with Gasteiger partial charge in [-0.3, -0.25) is 4.79 Å². The van der Waals surface area contributed by atoms with Crippen LogP contribution >= 0.6 is 0 Å². The van der Waals surface area contributed by atoms with Crippen LogP contribution in [0.1, 0.15) is 50.3 Å². The van der Waals surface area contributed by atoms with Crippen molar-refractivity contribution in [2.75, 3.05) is 16.8 Å². The van der Waals surface area contributed by atoms with Crippen molar-refractivity contribution in [2.24, 2.45) is 17.8 Å². The van der Waals surface area contributed by atoms with Crippen molar-refractivity contribution in [3.05, 3.63) is 11.8 Å². The second-order valence-electron chi connectivity index (χ2n) is 7.86. The maximum Gasteiger partial charge on any atom is 0.225 e. The number of fused-ring (bicyclic) bond motifs is 2. The van der Waals surface area contributed by atoms with Gasteiger partial charge in [-0.25, -0.2) is 13.1 Å². The molecule has 1 aromatic rings. The summed E-state index contributed by atoms with van der Waals surface area (Å²) in [5.41, 5.74) is 0.800. The molecule has 2 bridgehead atoms. The molecule has 4 unspecified atom stereocenters. The minimum Gasteiger partial charge on any atom is -0.311 e. The van der Waals surface area contributed by atoms with E-state index in [1.54, 1.807) is 4.68 Å². The number of aromatic nitrogens is 2. The van der Waals surface area contributed by atoms with E-state index >= 15 is 0 Å². The summed E-state index contributed by atoms with van der Waals surface area (Å²) in [7, 11) is -2.98. The van der Waals surface area contributed by atoms with Crippen LogP contribution < -0.4 is 5.32 Å². The molecule has 1 amide bonds. The number of hydrogen-bond donors (Lipinski definition) is 1. The first kappa shape index (κ1) is 16.1. The molecule has 1 N–H and O–H groups in total. The molecule has 1 aromatic heterocycles. The Labute approximate surface area is 142 Å². The Kier molecular flexibility index (Phi) is 3.94. The summed E-state index contributed by atoms with van der Waals surface area (Å²) >= 11 is 0. The quantitative estimate of drug-likeness (QED) is 0.902. The lowest BCUT2D eigenvalue weighted by Crippen LogP contribution is -2.23. The summed E-state index contributed by atoms with van der Waals surface area (Å²) in [6.45, 7) is 1.87. The van der Waals surface area contributed by atoms with Crippen LogP contribution in [0.5, 0.6) is 0 Å². The average Bonchev–Trinajstić information content (AvgIpc) is 3.23. The fourth-order valence-corrected chi connectivity index (χ4v) is 6.61. The van der Waals surface area contributed by atoms with Gasteiger partial charge >= 0.3 is 0 Å². The van der Waals surface area contributed by atoms with E-state index in [1.165, 1.54) is 25.7 Å². The summed E-state index contributed by atoms with van der Waals surface area (Å²) in [5.74, 6) is 3.08. The van der Waals surface area contributed by atoms with Crippen molar-refractivity contribution in [2.45, 2.75) is 51.5 Å². The van der Waals surface area contributed by atoms with Crippen LogP contribution in [0.25, 0.3) is 0 Å². The van der Waals surface area contributed by atoms with Gasteiger partial charge < -0.3 is 5.32 Å². The highest BCUT2D eigenvalue weighted by Crippen LogP contribution is 2.49. The highest BCUT2D eigenvalue weighted by molar-refractivity contribution is 7.91. The highest BCUT2D eigenvalue weighted by atomic mass is 32.2. The summed E-state index contributed by atoms with van der Waals surface area (Å²) in [6.07, 6.45) is 6.25. The molecule has 24 heavy (non-hydrogen) atoms. The standard InChI is InChI=1S/C17H25N3O3S/c1-11-6-16(20(19-11)15-4-5-24(22,23)10-15)18-17(21)9-14-8-12-2-3-13(14)7-12/h6,12-15H,2-5,7-10H2,1H3,(H,18,21). The highest BCUT2D eigenvalue weighted by Gasteiger charge is 2.40. The summed E-state index contributed by atoms with van der Waals surface area (Å²) in [6, 6.07) is 1.67. The van der Waals surface area contributed by atoms with E-state index in [1.807, 2.05) is 13.0 Å². The molecule has 4 rings (SSSR count). The van der Waals surface area contributed by atoms with Gasteiger partial charge in [-0.05, 0) is 50.4 Å². The molecule has 3 fully saturated rings. The van der Waals surface area contributed by atoms with Gasteiger partial charge in [-0.1, -0.05) is 6.42 Å². The van der Waals surface area contributed by atoms with Crippen molar-refractivity contribution >= 4 is 21.6 Å². The van der Waals surface area contributed by atoms with Crippen LogP contribution in [0.15, 0.2) is 6.07 Å². The van der Waals surface area contributed by atoms with Gasteiger partial charge in [0.15, 0.2) is 9.84 Å². The van der Waals surface area contributed by atoms with Gasteiger partial charge in [0.2, 0.25) is 5.91 Å². The zero-order valence-corrected chi connectivity index (χ0v) is 14.9. The lowest BCUT2D eigenvalue weighted by molar-refractivity contribution is -0.117. The molecule has 7 heteroatoms. The molecule has 132 valence electrons. The van der Waals surface area contributed by atoms with E-state index in [2.05, 4.69) is 10.4 Å². The number of sulfone groups is 1. The second kappa shape index (κ2) is 5.86. The fourth-order valence-electron chi connectivity index (χ4n) is 4.92. The monoisotopic (exact) mass is 351 g/mol. The number of amides is 1. The number of carbonyl (C=O) groups excluding carboxylic acids is 1. The third kappa shape index (κ3) is 3.10. The predicted octanol–water partition coefficient (Wildman–Crippen LogP) is 2.32. The maximum atomic E-state index is 12.5. The van der Waals surface area contributed by atoms with Gasteiger partial charge in [-0.15, -0.1) is 0 Å². The molecule has 1 aliphatic heterocycles. The van der Waals surface area contributed by atoms with Crippen molar-refractivity contribution in [3.63, 3.8) is 0 Å². The first-order valence-electron chi connectivity index (χ1n) is 8.96. The molecule has 4 atom stereocenters. The van der Waals surface area contributed by atoms with Crippen molar-refractivity contribution in [1.29, 1.82) is 0 Å². The average molecular weight is 351 g/mol. The van der Waals surface area contributed by atoms with E-state index in [4.69, 9.17) is 0 Å². The number of nitrogens with zero attached hydrogens (tertiary/aromatic N) is 2. The molecule has 0 spiro atoms. The number of hydrogen-bond acceptors (Lipinski definition) is 4. The van der Waals surface area contributed by atoms with Crippen LogP contribution in [0.2, 0.25) is 0 Å². The van der Waals surface area contributed by atoms with E-state index in [-0.39, 0.29) is 23.5 Å².